The SMILES string of the molecule is Cc1nc(SCC(=O)Nc2c(Cl)cccc2Cl)[nH]c(=O)c1CCO. The van der Waals surface area contributed by atoms with Crippen LogP contribution in [0.5, 0.6) is 0 Å². The number of aryl methyl sites for hydroxylation is 1. The molecule has 1 amide bonds. The Morgan fingerprint density at radius 2 is 2.04 bits per heavy atom. The minimum absolute atomic E-state index is 0.0310. The molecule has 0 aliphatic rings. The number of aromatic nitrogens is 2. The molecule has 6 nitrogen and oxygen atoms in total. The summed E-state index contributed by atoms with van der Waals surface area (Å²) in [5.41, 5.74) is 1.01. The number of hydrogen-bond acceptors (Lipinski definition) is 5. The quantitative estimate of drug-likeness (QED) is 0.523. The van der Waals surface area contributed by atoms with E-state index in [1.807, 2.05) is 0 Å². The van der Waals surface area contributed by atoms with Crippen LogP contribution in [0.2, 0.25) is 10.0 Å². The van der Waals surface area contributed by atoms with Gasteiger partial charge in [0, 0.05) is 24.3 Å². The minimum Gasteiger partial charge on any atom is -0.396 e. The van der Waals surface area contributed by atoms with Gasteiger partial charge in [0.1, 0.15) is 0 Å². The zero-order chi connectivity index (χ0) is 17.7. The Morgan fingerprint density at radius 1 is 1.38 bits per heavy atom. The monoisotopic (exact) mass is 387 g/mol. The summed E-state index contributed by atoms with van der Waals surface area (Å²) in [6, 6.07) is 4.93. The van der Waals surface area contributed by atoms with Gasteiger partial charge < -0.3 is 15.4 Å². The van der Waals surface area contributed by atoms with Gasteiger partial charge in [-0.2, -0.15) is 0 Å². The van der Waals surface area contributed by atoms with Crippen LogP contribution in [0.3, 0.4) is 0 Å². The van der Waals surface area contributed by atoms with Crippen LogP contribution in [-0.4, -0.2) is 33.3 Å². The molecule has 0 spiro atoms. The molecule has 0 unspecified atom stereocenters. The molecule has 0 saturated heterocycles. The molecule has 0 atom stereocenters. The molecular formula is C15H15Cl2N3O3S. The van der Waals surface area contributed by atoms with E-state index in [9.17, 15) is 9.59 Å². The Hall–Kier alpha value is -1.54. The molecule has 0 radical (unpaired) electrons. The number of carbonyl (C=O) groups is 1. The summed E-state index contributed by atoms with van der Waals surface area (Å²) in [7, 11) is 0. The summed E-state index contributed by atoms with van der Waals surface area (Å²) in [6.45, 7) is 1.56. The Labute approximate surface area is 152 Å². The second kappa shape index (κ2) is 8.53. The summed E-state index contributed by atoms with van der Waals surface area (Å²) in [4.78, 5) is 30.8. The third kappa shape index (κ3) is 4.73. The number of rotatable bonds is 6. The first-order valence-corrected chi connectivity index (χ1v) is 8.74. The number of H-pyrrole nitrogens is 1. The number of anilines is 1. The van der Waals surface area contributed by atoms with E-state index in [4.69, 9.17) is 28.3 Å². The van der Waals surface area contributed by atoms with Gasteiger partial charge in [-0.1, -0.05) is 41.0 Å². The number of aromatic amines is 1. The highest BCUT2D eigenvalue weighted by molar-refractivity contribution is 7.99. The van der Waals surface area contributed by atoms with Crippen LogP contribution in [0, 0.1) is 6.92 Å². The van der Waals surface area contributed by atoms with Crippen molar-refractivity contribution in [3.05, 3.63) is 49.9 Å². The minimum atomic E-state index is -0.324. The maximum Gasteiger partial charge on any atom is 0.255 e. The van der Waals surface area contributed by atoms with Crippen LogP contribution in [0.25, 0.3) is 0 Å². The van der Waals surface area contributed by atoms with Crippen molar-refractivity contribution < 1.29 is 9.90 Å². The van der Waals surface area contributed by atoms with Gasteiger partial charge in [-0.3, -0.25) is 9.59 Å². The maximum absolute atomic E-state index is 12.0. The van der Waals surface area contributed by atoms with E-state index in [1.54, 1.807) is 25.1 Å². The van der Waals surface area contributed by atoms with Crippen LogP contribution in [0.1, 0.15) is 11.3 Å². The molecule has 9 heteroatoms. The number of nitrogens with one attached hydrogen (secondary N) is 2. The highest BCUT2D eigenvalue weighted by Gasteiger charge is 2.12. The highest BCUT2D eigenvalue weighted by Crippen LogP contribution is 2.30. The molecule has 3 N–H and O–H groups in total. The standard InChI is InChI=1S/C15H15Cl2N3O3S/c1-8-9(5-6-21)14(23)20-15(18-8)24-7-12(22)19-13-10(16)3-2-4-11(13)17/h2-4,21H,5-7H2,1H3,(H,19,22)(H,18,20,23). The fraction of sp³-hybridized carbons (Fsp3) is 0.267. The Kier molecular flexibility index (Phi) is 6.68. The van der Waals surface area contributed by atoms with Crippen LogP contribution in [0.4, 0.5) is 5.69 Å². The molecule has 128 valence electrons. The van der Waals surface area contributed by atoms with E-state index < -0.39 is 0 Å². The Bertz CT molecular complexity index is 791. The molecule has 0 bridgehead atoms. The number of aliphatic hydroxyl groups excluding tert-OH is 1. The second-order valence-corrected chi connectivity index (χ2v) is 6.62. The van der Waals surface area contributed by atoms with Gasteiger partial charge in [0.2, 0.25) is 5.91 Å². The number of halogens is 2. The van der Waals surface area contributed by atoms with E-state index in [2.05, 4.69) is 15.3 Å². The largest absolute Gasteiger partial charge is 0.396 e. The molecule has 0 aliphatic heterocycles. The lowest BCUT2D eigenvalue weighted by Gasteiger charge is -2.09. The van der Waals surface area contributed by atoms with Crippen LogP contribution in [-0.2, 0) is 11.2 Å². The highest BCUT2D eigenvalue weighted by atomic mass is 35.5. The first kappa shape index (κ1) is 18.8. The number of para-hydroxylation sites is 1. The van der Waals surface area contributed by atoms with E-state index in [-0.39, 0.29) is 30.2 Å². The zero-order valence-electron chi connectivity index (χ0n) is 12.7. The topological polar surface area (TPSA) is 95.1 Å². The third-order valence-electron chi connectivity index (χ3n) is 3.13. The molecule has 1 aromatic heterocycles. The van der Waals surface area contributed by atoms with Crippen LogP contribution in [0.15, 0.2) is 28.2 Å². The molecule has 0 saturated carbocycles. The lowest BCUT2D eigenvalue weighted by molar-refractivity contribution is -0.113. The van der Waals surface area contributed by atoms with Gasteiger partial charge in [-0.05, 0) is 19.1 Å². The molecule has 0 aliphatic carbocycles. The summed E-state index contributed by atoms with van der Waals surface area (Å²) >= 11 is 13.1. The average Bonchev–Trinajstić information content (AvgIpc) is 2.52. The lowest BCUT2D eigenvalue weighted by atomic mass is 10.2. The van der Waals surface area contributed by atoms with Gasteiger partial charge in [0.25, 0.3) is 5.56 Å². The van der Waals surface area contributed by atoms with Crippen molar-refractivity contribution in [2.45, 2.75) is 18.5 Å². The second-order valence-electron chi connectivity index (χ2n) is 4.84. The normalized spacial score (nSPS) is 10.7. The number of benzene rings is 1. The van der Waals surface area contributed by atoms with Crippen molar-refractivity contribution in [2.24, 2.45) is 0 Å². The van der Waals surface area contributed by atoms with Crippen molar-refractivity contribution in [3.8, 4) is 0 Å². The summed E-state index contributed by atoms with van der Waals surface area (Å²) in [6.07, 6.45) is 0.241. The first-order valence-electron chi connectivity index (χ1n) is 6.99. The van der Waals surface area contributed by atoms with E-state index in [1.165, 1.54) is 0 Å². The lowest BCUT2D eigenvalue weighted by Crippen LogP contribution is -2.19. The number of amides is 1. The Morgan fingerprint density at radius 3 is 2.62 bits per heavy atom. The van der Waals surface area contributed by atoms with Crippen LogP contribution < -0.4 is 10.9 Å². The predicted molar refractivity (Wildman–Crippen MR) is 96.2 cm³/mol. The van der Waals surface area contributed by atoms with Gasteiger partial charge in [-0.15, -0.1) is 0 Å². The summed E-state index contributed by atoms with van der Waals surface area (Å²) in [5, 5.41) is 12.6. The van der Waals surface area contributed by atoms with Gasteiger partial charge in [-0.25, -0.2) is 4.98 Å². The number of carbonyl (C=O) groups excluding carboxylic acids is 1. The molecular weight excluding hydrogens is 373 g/mol. The van der Waals surface area contributed by atoms with Gasteiger partial charge in [0.15, 0.2) is 5.16 Å². The van der Waals surface area contributed by atoms with Gasteiger partial charge >= 0.3 is 0 Å². The van der Waals surface area contributed by atoms with Crippen molar-refractivity contribution in [1.82, 2.24) is 9.97 Å². The predicted octanol–water partition coefficient (Wildman–Crippen LogP) is 2.65. The molecule has 0 fully saturated rings. The third-order valence-corrected chi connectivity index (χ3v) is 4.63. The fourth-order valence-corrected chi connectivity index (χ4v) is 3.18. The molecule has 24 heavy (non-hydrogen) atoms. The maximum atomic E-state index is 12.0. The first-order chi connectivity index (χ1) is 11.4. The van der Waals surface area contributed by atoms with E-state index >= 15 is 0 Å². The average molecular weight is 388 g/mol. The molecule has 1 aromatic carbocycles. The zero-order valence-corrected chi connectivity index (χ0v) is 15.1. The van der Waals surface area contributed by atoms with Crippen LogP contribution >= 0.6 is 35.0 Å². The van der Waals surface area contributed by atoms with Gasteiger partial charge in [0.05, 0.1) is 21.5 Å². The summed E-state index contributed by atoms with van der Waals surface area (Å²) < 4.78 is 0. The van der Waals surface area contributed by atoms with Crippen molar-refractivity contribution in [3.63, 3.8) is 0 Å². The number of aliphatic hydroxyl groups is 1. The van der Waals surface area contributed by atoms with E-state index in [0.29, 0.717) is 32.1 Å². The molecule has 2 aromatic rings. The van der Waals surface area contributed by atoms with Crippen molar-refractivity contribution >= 4 is 46.6 Å². The van der Waals surface area contributed by atoms with Crippen molar-refractivity contribution in [1.29, 1.82) is 0 Å². The molecule has 2 rings (SSSR count). The Balaban J connectivity index is 2.03. The number of thioether (sulfide) groups is 1. The summed E-state index contributed by atoms with van der Waals surface area (Å²) in [5.74, 6) is -0.293. The number of nitrogens with zero attached hydrogens (tertiary/aromatic N) is 1. The van der Waals surface area contributed by atoms with E-state index in [0.717, 1.165) is 11.8 Å². The fourth-order valence-electron chi connectivity index (χ4n) is 1.99. The smallest absolute Gasteiger partial charge is 0.255 e. The molecule has 1 heterocycles. The van der Waals surface area contributed by atoms with Crippen molar-refractivity contribution in [2.75, 3.05) is 17.7 Å². The number of hydrogen-bond donors (Lipinski definition) is 3.